The Morgan fingerprint density at radius 2 is 2.11 bits per heavy atom. The van der Waals surface area contributed by atoms with E-state index < -0.39 is 24.0 Å². The second-order valence-electron chi connectivity index (χ2n) is 4.56. The molecule has 102 valence electrons. The van der Waals surface area contributed by atoms with Gasteiger partial charge >= 0.3 is 5.97 Å². The van der Waals surface area contributed by atoms with Gasteiger partial charge in [-0.2, -0.15) is 0 Å². The highest BCUT2D eigenvalue weighted by atomic mass is 16.5. The lowest BCUT2D eigenvalue weighted by Gasteiger charge is -2.39. The highest BCUT2D eigenvalue weighted by molar-refractivity contribution is 5.88. The van der Waals surface area contributed by atoms with Crippen molar-refractivity contribution in [1.82, 2.24) is 4.90 Å². The van der Waals surface area contributed by atoms with Gasteiger partial charge in [0.15, 0.2) is 0 Å². The van der Waals surface area contributed by atoms with Crippen LogP contribution in [0.1, 0.15) is 12.0 Å². The molecule has 0 bridgehead atoms. The van der Waals surface area contributed by atoms with Gasteiger partial charge in [0, 0.05) is 13.0 Å². The molecule has 1 aromatic carbocycles. The van der Waals surface area contributed by atoms with E-state index in [-0.39, 0.29) is 6.42 Å². The predicted molar refractivity (Wildman–Crippen MR) is 68.3 cm³/mol. The van der Waals surface area contributed by atoms with Gasteiger partial charge in [0.05, 0.1) is 7.11 Å². The van der Waals surface area contributed by atoms with Gasteiger partial charge in [-0.05, 0) is 12.0 Å². The molecule has 0 saturated carbocycles. The molecule has 0 aliphatic carbocycles. The summed E-state index contributed by atoms with van der Waals surface area (Å²) in [6, 6.07) is 8.75. The van der Waals surface area contributed by atoms with E-state index in [0.29, 0.717) is 13.0 Å². The summed E-state index contributed by atoms with van der Waals surface area (Å²) in [4.78, 5) is 24.8. The summed E-state index contributed by atoms with van der Waals surface area (Å²) in [7, 11) is 1.30. The smallest absolute Gasteiger partial charge is 0.328 e. The van der Waals surface area contributed by atoms with Crippen molar-refractivity contribution in [2.45, 2.75) is 25.0 Å². The maximum Gasteiger partial charge on any atom is 0.328 e. The van der Waals surface area contributed by atoms with Crippen molar-refractivity contribution < 1.29 is 19.4 Å². The van der Waals surface area contributed by atoms with E-state index in [0.717, 1.165) is 5.56 Å². The monoisotopic (exact) mass is 263 g/mol. The fourth-order valence-corrected chi connectivity index (χ4v) is 2.15. The molecule has 2 atom stereocenters. The Morgan fingerprint density at radius 1 is 1.42 bits per heavy atom. The summed E-state index contributed by atoms with van der Waals surface area (Å²) < 4.78 is 4.62. The Kier molecular flexibility index (Phi) is 4.16. The Hall–Kier alpha value is -1.88. The number of amides is 1. The number of aliphatic hydroxyl groups excluding tert-OH is 1. The molecule has 2 rings (SSSR count). The van der Waals surface area contributed by atoms with Gasteiger partial charge < -0.3 is 14.7 Å². The highest BCUT2D eigenvalue weighted by Gasteiger charge is 2.40. The first-order chi connectivity index (χ1) is 9.13. The lowest BCUT2D eigenvalue weighted by atomic mass is 10.00. The Bertz CT molecular complexity index is 460. The van der Waals surface area contributed by atoms with Gasteiger partial charge in [-0.3, -0.25) is 4.79 Å². The molecular formula is C14H17NO4. The zero-order valence-electron chi connectivity index (χ0n) is 10.8. The van der Waals surface area contributed by atoms with Gasteiger partial charge in [-0.25, -0.2) is 4.79 Å². The molecule has 1 heterocycles. The van der Waals surface area contributed by atoms with Crippen molar-refractivity contribution in [3.8, 4) is 0 Å². The van der Waals surface area contributed by atoms with Crippen LogP contribution in [0.4, 0.5) is 0 Å². The van der Waals surface area contributed by atoms with Crippen LogP contribution >= 0.6 is 0 Å². The van der Waals surface area contributed by atoms with Crippen molar-refractivity contribution in [3.63, 3.8) is 0 Å². The van der Waals surface area contributed by atoms with E-state index in [1.54, 1.807) is 0 Å². The summed E-state index contributed by atoms with van der Waals surface area (Å²) in [6.45, 7) is 0.491. The summed E-state index contributed by atoms with van der Waals surface area (Å²) in [5.74, 6) is -0.836. The average molecular weight is 263 g/mol. The normalized spacial score (nSPS) is 19.5. The van der Waals surface area contributed by atoms with E-state index in [1.807, 2.05) is 30.3 Å². The molecule has 0 aromatic heterocycles. The molecule has 5 heteroatoms. The number of hydrogen-bond acceptors (Lipinski definition) is 4. The van der Waals surface area contributed by atoms with Crippen molar-refractivity contribution in [2.75, 3.05) is 13.7 Å². The van der Waals surface area contributed by atoms with Gasteiger partial charge in [-0.1, -0.05) is 30.3 Å². The number of nitrogens with zero attached hydrogens (tertiary/aromatic N) is 1. The minimum absolute atomic E-state index is 0.254. The van der Waals surface area contributed by atoms with Crippen LogP contribution in [0.5, 0.6) is 0 Å². The molecule has 1 fully saturated rings. The molecule has 1 aliphatic heterocycles. The first-order valence-corrected chi connectivity index (χ1v) is 6.23. The van der Waals surface area contributed by atoms with Crippen molar-refractivity contribution in [3.05, 3.63) is 35.9 Å². The van der Waals surface area contributed by atoms with Crippen LogP contribution in [-0.2, 0) is 20.7 Å². The molecule has 5 nitrogen and oxygen atoms in total. The minimum atomic E-state index is -1.12. The number of aliphatic hydroxyl groups is 1. The number of carbonyl (C=O) groups excluding carboxylic acids is 2. The fourth-order valence-electron chi connectivity index (χ4n) is 2.15. The van der Waals surface area contributed by atoms with Crippen LogP contribution in [0.15, 0.2) is 30.3 Å². The topological polar surface area (TPSA) is 66.8 Å². The minimum Gasteiger partial charge on any atom is -0.467 e. The molecular weight excluding hydrogens is 246 g/mol. The van der Waals surface area contributed by atoms with Crippen molar-refractivity contribution in [1.29, 1.82) is 0 Å². The summed E-state index contributed by atoms with van der Waals surface area (Å²) >= 11 is 0. The zero-order chi connectivity index (χ0) is 13.8. The molecule has 1 saturated heterocycles. The quantitative estimate of drug-likeness (QED) is 0.797. The van der Waals surface area contributed by atoms with Gasteiger partial charge in [0.2, 0.25) is 0 Å². The third-order valence-electron chi connectivity index (χ3n) is 3.33. The lowest BCUT2D eigenvalue weighted by Crippen LogP contribution is -2.58. The molecule has 0 spiro atoms. The first kappa shape index (κ1) is 13.5. The van der Waals surface area contributed by atoms with Gasteiger partial charge in [-0.15, -0.1) is 0 Å². The standard InChI is InChI=1S/C14H17NO4/c1-19-14(18)11-7-8-15(11)13(17)12(16)9-10-5-3-2-4-6-10/h2-6,11-12,16H,7-9H2,1H3. The largest absolute Gasteiger partial charge is 0.467 e. The molecule has 0 radical (unpaired) electrons. The Labute approximate surface area is 111 Å². The van der Waals surface area contributed by atoms with Crippen LogP contribution in [0.25, 0.3) is 0 Å². The Morgan fingerprint density at radius 3 is 2.63 bits per heavy atom. The summed E-state index contributed by atoms with van der Waals surface area (Å²) in [6.07, 6.45) is -0.268. The number of carbonyl (C=O) groups is 2. The number of likely N-dealkylation sites (tertiary alicyclic amines) is 1. The van der Waals surface area contributed by atoms with E-state index in [1.165, 1.54) is 12.0 Å². The number of rotatable bonds is 4. The zero-order valence-corrected chi connectivity index (χ0v) is 10.8. The Balaban J connectivity index is 1.94. The van der Waals surface area contributed by atoms with Gasteiger partial charge in [0.1, 0.15) is 12.1 Å². The van der Waals surface area contributed by atoms with Crippen LogP contribution in [0.3, 0.4) is 0 Å². The number of methoxy groups -OCH3 is 1. The predicted octanol–water partition coefficient (Wildman–Crippen LogP) is 0.364. The second kappa shape index (κ2) is 5.84. The molecule has 2 unspecified atom stereocenters. The number of esters is 1. The van der Waals surface area contributed by atoms with E-state index in [4.69, 9.17) is 0 Å². The molecule has 1 aromatic rings. The number of benzene rings is 1. The molecule has 1 amide bonds. The van der Waals surface area contributed by atoms with Crippen LogP contribution < -0.4 is 0 Å². The maximum absolute atomic E-state index is 12.0. The summed E-state index contributed by atoms with van der Waals surface area (Å²) in [5.41, 5.74) is 0.887. The van der Waals surface area contributed by atoms with E-state index >= 15 is 0 Å². The molecule has 19 heavy (non-hydrogen) atoms. The van der Waals surface area contributed by atoms with Gasteiger partial charge in [0.25, 0.3) is 5.91 Å². The van der Waals surface area contributed by atoms with E-state index in [9.17, 15) is 14.7 Å². The third kappa shape index (κ3) is 2.93. The highest BCUT2D eigenvalue weighted by Crippen LogP contribution is 2.20. The fraction of sp³-hybridized carbons (Fsp3) is 0.429. The van der Waals surface area contributed by atoms with E-state index in [2.05, 4.69) is 4.74 Å². The van der Waals surface area contributed by atoms with Crippen LogP contribution in [0, 0.1) is 0 Å². The molecule has 1 aliphatic rings. The van der Waals surface area contributed by atoms with Crippen LogP contribution in [-0.4, -0.2) is 47.7 Å². The second-order valence-corrected chi connectivity index (χ2v) is 4.56. The summed E-state index contributed by atoms with van der Waals surface area (Å²) in [5, 5.41) is 9.94. The number of ether oxygens (including phenoxy) is 1. The average Bonchev–Trinajstić information content (AvgIpc) is 2.38. The maximum atomic E-state index is 12.0. The number of hydrogen-bond donors (Lipinski definition) is 1. The third-order valence-corrected chi connectivity index (χ3v) is 3.33. The molecule has 1 N–H and O–H groups in total. The SMILES string of the molecule is COC(=O)C1CCN1C(=O)C(O)Cc1ccccc1. The first-order valence-electron chi connectivity index (χ1n) is 6.23. The van der Waals surface area contributed by atoms with Crippen LogP contribution in [0.2, 0.25) is 0 Å². The van der Waals surface area contributed by atoms with Crippen molar-refractivity contribution >= 4 is 11.9 Å². The lowest BCUT2D eigenvalue weighted by molar-refractivity contribution is -0.163. The van der Waals surface area contributed by atoms with Crippen molar-refractivity contribution in [2.24, 2.45) is 0 Å².